The summed E-state index contributed by atoms with van der Waals surface area (Å²) < 4.78 is 26.8. The summed E-state index contributed by atoms with van der Waals surface area (Å²) in [6, 6.07) is 11.2. The Balaban J connectivity index is 2.34. The summed E-state index contributed by atoms with van der Waals surface area (Å²) in [6.07, 6.45) is 0. The zero-order valence-corrected chi connectivity index (χ0v) is 16.9. The number of halogens is 1. The predicted molar refractivity (Wildman–Crippen MR) is 105 cm³/mol. The first-order valence-electron chi connectivity index (χ1n) is 8.26. The minimum Gasteiger partial charge on any atom is -0.352 e. The molecule has 2 rings (SSSR count). The molecule has 0 atom stereocenters. The van der Waals surface area contributed by atoms with Gasteiger partial charge in [0.2, 0.25) is 0 Å². The van der Waals surface area contributed by atoms with Crippen LogP contribution in [0.25, 0.3) is 0 Å². The number of sulfonamides is 1. The molecule has 0 fully saturated rings. The van der Waals surface area contributed by atoms with Crippen molar-refractivity contribution in [2.45, 2.75) is 25.7 Å². The summed E-state index contributed by atoms with van der Waals surface area (Å²) in [5.74, 6) is -0.0304. The van der Waals surface area contributed by atoms with Crippen molar-refractivity contribution in [1.29, 1.82) is 0 Å². The first-order chi connectivity index (χ1) is 12.1. The van der Waals surface area contributed by atoms with Crippen molar-refractivity contribution in [3.05, 3.63) is 58.6 Å². The molecule has 0 saturated heterocycles. The van der Waals surface area contributed by atoms with Crippen molar-refractivity contribution in [1.82, 2.24) is 5.32 Å². The van der Waals surface area contributed by atoms with Crippen LogP contribution in [-0.4, -0.2) is 27.9 Å². The van der Waals surface area contributed by atoms with Crippen LogP contribution in [0.5, 0.6) is 0 Å². The molecule has 2 aromatic carbocycles. The Morgan fingerprint density at radius 2 is 1.77 bits per heavy atom. The smallest absolute Gasteiger partial charge is 0.264 e. The molecule has 5 nitrogen and oxygen atoms in total. The van der Waals surface area contributed by atoms with E-state index in [9.17, 15) is 13.2 Å². The van der Waals surface area contributed by atoms with Gasteiger partial charge >= 0.3 is 0 Å². The van der Waals surface area contributed by atoms with Crippen LogP contribution in [-0.2, 0) is 10.0 Å². The average molecular weight is 395 g/mol. The highest BCUT2D eigenvalue weighted by molar-refractivity contribution is 7.92. The van der Waals surface area contributed by atoms with Gasteiger partial charge in [-0.2, -0.15) is 0 Å². The fourth-order valence-corrected chi connectivity index (χ4v) is 3.67. The lowest BCUT2D eigenvalue weighted by atomic mass is 10.1. The highest BCUT2D eigenvalue weighted by atomic mass is 35.5. The quantitative estimate of drug-likeness (QED) is 0.808. The number of aryl methyl sites for hydroxylation is 1. The van der Waals surface area contributed by atoms with Gasteiger partial charge < -0.3 is 5.32 Å². The summed E-state index contributed by atoms with van der Waals surface area (Å²) in [5, 5.41) is 3.06. The number of nitrogens with one attached hydrogen (secondary N) is 1. The van der Waals surface area contributed by atoms with E-state index in [1.807, 2.05) is 20.8 Å². The van der Waals surface area contributed by atoms with E-state index >= 15 is 0 Å². The van der Waals surface area contributed by atoms with Crippen molar-refractivity contribution in [3.8, 4) is 0 Å². The van der Waals surface area contributed by atoms with E-state index in [0.29, 0.717) is 18.2 Å². The number of carbonyl (C=O) groups excluding carboxylic acids is 1. The zero-order valence-electron chi connectivity index (χ0n) is 15.3. The van der Waals surface area contributed by atoms with Crippen molar-refractivity contribution < 1.29 is 13.2 Å². The molecule has 0 bridgehead atoms. The molecule has 0 radical (unpaired) electrons. The third-order valence-electron chi connectivity index (χ3n) is 3.91. The van der Waals surface area contributed by atoms with Crippen molar-refractivity contribution in [2.24, 2.45) is 5.92 Å². The van der Waals surface area contributed by atoms with Gasteiger partial charge in [-0.3, -0.25) is 9.10 Å². The lowest BCUT2D eigenvalue weighted by molar-refractivity contribution is 0.0949. The highest BCUT2D eigenvalue weighted by Gasteiger charge is 2.22. The molecular weight excluding hydrogens is 372 g/mol. The molecule has 0 aliphatic rings. The maximum atomic E-state index is 12.8. The monoisotopic (exact) mass is 394 g/mol. The van der Waals surface area contributed by atoms with Crippen molar-refractivity contribution >= 4 is 33.2 Å². The molecule has 7 heteroatoms. The summed E-state index contributed by atoms with van der Waals surface area (Å²) in [5.41, 5.74) is 1.59. The zero-order chi connectivity index (χ0) is 19.5. The molecule has 0 heterocycles. The van der Waals surface area contributed by atoms with Crippen molar-refractivity contribution in [2.75, 3.05) is 17.9 Å². The summed E-state index contributed by atoms with van der Waals surface area (Å²) in [7, 11) is -2.28. The van der Waals surface area contributed by atoms with Gasteiger partial charge in [-0.25, -0.2) is 8.42 Å². The van der Waals surface area contributed by atoms with Crippen LogP contribution >= 0.6 is 11.6 Å². The molecular formula is C19H23ClN2O3S. The number of hydrogen-bond acceptors (Lipinski definition) is 3. The van der Waals surface area contributed by atoms with E-state index in [2.05, 4.69) is 5.32 Å². The minimum atomic E-state index is -3.73. The summed E-state index contributed by atoms with van der Waals surface area (Å²) >= 11 is 6.13. The Morgan fingerprint density at radius 3 is 2.35 bits per heavy atom. The molecule has 0 aliphatic carbocycles. The number of benzene rings is 2. The molecule has 2 aromatic rings. The van der Waals surface area contributed by atoms with Crippen LogP contribution < -0.4 is 9.62 Å². The van der Waals surface area contributed by atoms with E-state index in [0.717, 1.165) is 9.87 Å². The third kappa shape index (κ3) is 4.56. The number of anilines is 1. The molecule has 0 aromatic heterocycles. The van der Waals surface area contributed by atoms with E-state index in [1.54, 1.807) is 30.3 Å². The molecule has 26 heavy (non-hydrogen) atoms. The maximum absolute atomic E-state index is 12.8. The molecule has 0 aliphatic heterocycles. The number of carbonyl (C=O) groups is 1. The summed E-state index contributed by atoms with van der Waals surface area (Å²) in [6.45, 7) is 6.37. The average Bonchev–Trinajstić information content (AvgIpc) is 2.59. The standard InChI is InChI=1S/C19H23ClN2O3S/c1-13(2)12-21-19(23)17-11-15(7-10-18(17)20)22(4)26(24,25)16-8-5-14(3)6-9-16/h5-11,13H,12H2,1-4H3,(H,21,23). The van der Waals surface area contributed by atoms with Crippen LogP contribution in [0.3, 0.4) is 0 Å². The van der Waals surface area contributed by atoms with Gasteiger partial charge in [0.05, 0.1) is 21.2 Å². The van der Waals surface area contributed by atoms with E-state index in [-0.39, 0.29) is 21.4 Å². The first kappa shape index (κ1) is 20.3. The molecule has 140 valence electrons. The largest absolute Gasteiger partial charge is 0.352 e. The number of amides is 1. The Bertz CT molecular complexity index is 894. The molecule has 1 amide bonds. The van der Waals surface area contributed by atoms with Gasteiger partial charge in [0.15, 0.2) is 0 Å². The molecule has 0 spiro atoms. The Kier molecular flexibility index (Phi) is 6.31. The second-order valence-electron chi connectivity index (χ2n) is 6.55. The van der Waals surface area contributed by atoms with Gasteiger partial charge in [0, 0.05) is 13.6 Å². The molecule has 0 unspecified atom stereocenters. The van der Waals surface area contributed by atoms with Gasteiger partial charge in [-0.15, -0.1) is 0 Å². The SMILES string of the molecule is Cc1ccc(S(=O)(=O)N(C)c2ccc(Cl)c(C(=O)NCC(C)C)c2)cc1. The van der Waals surface area contributed by atoms with Gasteiger partial charge in [-0.1, -0.05) is 43.1 Å². The number of nitrogens with zero attached hydrogens (tertiary/aromatic N) is 1. The topological polar surface area (TPSA) is 66.5 Å². The highest BCUT2D eigenvalue weighted by Crippen LogP contribution is 2.27. The Labute approximate surface area is 160 Å². The fraction of sp³-hybridized carbons (Fsp3) is 0.316. The predicted octanol–water partition coefficient (Wildman–Crippen LogP) is 3.86. The summed E-state index contributed by atoms with van der Waals surface area (Å²) in [4.78, 5) is 12.5. The molecule has 1 N–H and O–H groups in total. The van der Waals surface area contributed by atoms with Gasteiger partial charge in [0.1, 0.15) is 0 Å². The second-order valence-corrected chi connectivity index (χ2v) is 8.93. The lowest BCUT2D eigenvalue weighted by Crippen LogP contribution is -2.29. The minimum absolute atomic E-state index is 0.186. The fourth-order valence-electron chi connectivity index (χ4n) is 2.28. The van der Waals surface area contributed by atoms with E-state index in [1.165, 1.54) is 19.2 Å². The third-order valence-corrected chi connectivity index (χ3v) is 6.04. The van der Waals surface area contributed by atoms with Gasteiger partial charge in [0.25, 0.3) is 15.9 Å². The maximum Gasteiger partial charge on any atom is 0.264 e. The van der Waals surface area contributed by atoms with Crippen LogP contribution in [0, 0.1) is 12.8 Å². The van der Waals surface area contributed by atoms with E-state index < -0.39 is 10.0 Å². The Hall–Kier alpha value is -2.05. The molecule has 0 saturated carbocycles. The first-order valence-corrected chi connectivity index (χ1v) is 10.1. The van der Waals surface area contributed by atoms with Crippen LogP contribution in [0.2, 0.25) is 5.02 Å². The van der Waals surface area contributed by atoms with Crippen LogP contribution in [0.15, 0.2) is 47.4 Å². The van der Waals surface area contributed by atoms with Crippen LogP contribution in [0.1, 0.15) is 29.8 Å². The normalized spacial score (nSPS) is 11.5. The van der Waals surface area contributed by atoms with Gasteiger partial charge in [-0.05, 0) is 43.2 Å². The van der Waals surface area contributed by atoms with E-state index in [4.69, 9.17) is 11.6 Å². The second kappa shape index (κ2) is 8.10. The number of hydrogen-bond donors (Lipinski definition) is 1. The Morgan fingerprint density at radius 1 is 1.15 bits per heavy atom. The van der Waals surface area contributed by atoms with Crippen molar-refractivity contribution in [3.63, 3.8) is 0 Å². The van der Waals surface area contributed by atoms with Crippen LogP contribution in [0.4, 0.5) is 5.69 Å². The number of rotatable bonds is 6. The lowest BCUT2D eigenvalue weighted by Gasteiger charge is -2.20.